The first-order valence-electron chi connectivity index (χ1n) is 7.62. The summed E-state index contributed by atoms with van der Waals surface area (Å²) in [6.07, 6.45) is 0. The number of oxazole rings is 1. The van der Waals surface area contributed by atoms with Crippen LogP contribution in [0.1, 0.15) is 15.2 Å². The number of nitrogens with one attached hydrogen (secondary N) is 1. The molecule has 0 spiro atoms. The molecular formula is C19H13ClN2O2S. The van der Waals surface area contributed by atoms with Crippen molar-refractivity contribution >= 4 is 45.6 Å². The number of nitrogens with zero attached hydrogens (tertiary/aromatic N) is 1. The smallest absolute Gasteiger partial charge is 0.265 e. The van der Waals surface area contributed by atoms with Crippen LogP contribution < -0.4 is 5.32 Å². The summed E-state index contributed by atoms with van der Waals surface area (Å²) in [6.45, 7) is 2.00. The summed E-state index contributed by atoms with van der Waals surface area (Å²) in [5, 5.41) is 5.24. The number of benzene rings is 2. The van der Waals surface area contributed by atoms with E-state index in [0.29, 0.717) is 32.6 Å². The quantitative estimate of drug-likeness (QED) is 0.499. The minimum absolute atomic E-state index is 0.156. The maximum absolute atomic E-state index is 12.2. The fourth-order valence-electron chi connectivity index (χ4n) is 2.52. The average Bonchev–Trinajstić information content (AvgIpc) is 3.25. The van der Waals surface area contributed by atoms with E-state index in [1.807, 2.05) is 36.6 Å². The lowest BCUT2D eigenvalue weighted by molar-refractivity contribution is 0.103. The van der Waals surface area contributed by atoms with Crippen LogP contribution in [0, 0.1) is 6.92 Å². The van der Waals surface area contributed by atoms with Gasteiger partial charge in [-0.1, -0.05) is 23.7 Å². The minimum atomic E-state index is -0.156. The van der Waals surface area contributed by atoms with Crippen LogP contribution in [0.2, 0.25) is 5.02 Å². The Labute approximate surface area is 153 Å². The highest BCUT2D eigenvalue weighted by atomic mass is 35.5. The Balaban J connectivity index is 1.70. The van der Waals surface area contributed by atoms with E-state index in [0.717, 1.165) is 11.1 Å². The fraction of sp³-hybridized carbons (Fsp3) is 0.0526. The Morgan fingerprint density at radius 1 is 1.20 bits per heavy atom. The highest BCUT2D eigenvalue weighted by Gasteiger charge is 2.14. The number of aromatic nitrogens is 1. The zero-order valence-corrected chi connectivity index (χ0v) is 14.8. The second-order valence-corrected chi connectivity index (χ2v) is 6.97. The predicted molar refractivity (Wildman–Crippen MR) is 101 cm³/mol. The lowest BCUT2D eigenvalue weighted by Crippen LogP contribution is -2.10. The van der Waals surface area contributed by atoms with Gasteiger partial charge in [-0.15, -0.1) is 11.3 Å². The van der Waals surface area contributed by atoms with Crippen LogP contribution in [-0.2, 0) is 0 Å². The van der Waals surface area contributed by atoms with Crippen molar-refractivity contribution in [3.8, 4) is 11.5 Å². The van der Waals surface area contributed by atoms with Gasteiger partial charge in [0.15, 0.2) is 5.58 Å². The molecule has 0 fully saturated rings. The second-order valence-electron chi connectivity index (χ2n) is 5.62. The first kappa shape index (κ1) is 15.9. The zero-order valence-electron chi connectivity index (χ0n) is 13.2. The first-order valence-corrected chi connectivity index (χ1v) is 8.88. The number of carbonyl (C=O) groups is 1. The van der Waals surface area contributed by atoms with E-state index in [9.17, 15) is 4.79 Å². The minimum Gasteiger partial charge on any atom is -0.436 e. The third-order valence-electron chi connectivity index (χ3n) is 3.74. The van der Waals surface area contributed by atoms with Gasteiger partial charge < -0.3 is 9.73 Å². The first-order chi connectivity index (χ1) is 12.1. The molecule has 1 N–H and O–H groups in total. The number of anilines is 1. The van der Waals surface area contributed by atoms with Crippen molar-refractivity contribution in [3.63, 3.8) is 0 Å². The average molecular weight is 369 g/mol. The molecule has 4 nitrogen and oxygen atoms in total. The number of rotatable bonds is 3. The van der Waals surface area contributed by atoms with Crippen molar-refractivity contribution < 1.29 is 9.21 Å². The lowest BCUT2D eigenvalue weighted by atomic mass is 10.2. The molecule has 0 unspecified atom stereocenters. The van der Waals surface area contributed by atoms with Crippen LogP contribution in [0.5, 0.6) is 0 Å². The molecule has 0 aliphatic heterocycles. The largest absolute Gasteiger partial charge is 0.436 e. The molecule has 0 saturated carbocycles. The van der Waals surface area contributed by atoms with Gasteiger partial charge in [0.1, 0.15) is 5.52 Å². The van der Waals surface area contributed by atoms with E-state index in [1.165, 1.54) is 11.3 Å². The molecule has 0 atom stereocenters. The molecule has 0 aliphatic rings. The number of halogens is 1. The van der Waals surface area contributed by atoms with Gasteiger partial charge in [-0.25, -0.2) is 4.98 Å². The molecule has 124 valence electrons. The topological polar surface area (TPSA) is 55.1 Å². The molecule has 4 rings (SSSR count). The van der Waals surface area contributed by atoms with Crippen molar-refractivity contribution in [3.05, 3.63) is 69.4 Å². The Morgan fingerprint density at radius 3 is 2.88 bits per heavy atom. The maximum atomic E-state index is 12.2. The van der Waals surface area contributed by atoms with E-state index in [4.69, 9.17) is 16.0 Å². The normalized spacial score (nSPS) is 11.0. The standard InChI is InChI=1S/C19H13ClN2O2S/c1-11-4-7-16-15(9-11)22-19(24-16)13-10-12(5-6-14(13)20)21-18(23)17-3-2-8-25-17/h2-10H,1H3,(H,21,23). The summed E-state index contributed by atoms with van der Waals surface area (Å²) < 4.78 is 5.82. The monoisotopic (exact) mass is 368 g/mol. The SMILES string of the molecule is Cc1ccc2oc(-c3cc(NC(=O)c4cccs4)ccc3Cl)nc2c1. The Kier molecular flexibility index (Phi) is 4.03. The molecule has 1 amide bonds. The maximum Gasteiger partial charge on any atom is 0.265 e. The molecule has 0 bridgehead atoms. The lowest BCUT2D eigenvalue weighted by Gasteiger charge is -2.06. The van der Waals surface area contributed by atoms with Gasteiger partial charge in [-0.05, 0) is 54.3 Å². The molecule has 2 aromatic heterocycles. The van der Waals surface area contributed by atoms with Crippen molar-refractivity contribution in [1.82, 2.24) is 4.98 Å². The van der Waals surface area contributed by atoms with Gasteiger partial charge in [0.2, 0.25) is 5.89 Å². The van der Waals surface area contributed by atoms with Gasteiger partial charge in [-0.3, -0.25) is 4.79 Å². The fourth-order valence-corrected chi connectivity index (χ4v) is 3.34. The van der Waals surface area contributed by atoms with Gasteiger partial charge in [0.25, 0.3) is 5.91 Å². The van der Waals surface area contributed by atoms with Crippen LogP contribution >= 0.6 is 22.9 Å². The molecule has 0 saturated heterocycles. The van der Waals surface area contributed by atoms with E-state index in [-0.39, 0.29) is 5.91 Å². The van der Waals surface area contributed by atoms with E-state index in [2.05, 4.69) is 10.3 Å². The van der Waals surface area contributed by atoms with Gasteiger partial charge in [0, 0.05) is 5.69 Å². The molecule has 0 aliphatic carbocycles. The third kappa shape index (κ3) is 3.16. The summed E-state index contributed by atoms with van der Waals surface area (Å²) in [7, 11) is 0. The van der Waals surface area contributed by atoms with Crippen LogP contribution in [0.15, 0.2) is 58.3 Å². The van der Waals surface area contributed by atoms with Crippen molar-refractivity contribution in [2.45, 2.75) is 6.92 Å². The van der Waals surface area contributed by atoms with Gasteiger partial charge >= 0.3 is 0 Å². The second kappa shape index (κ2) is 6.35. The summed E-state index contributed by atoms with van der Waals surface area (Å²) in [5.74, 6) is 0.272. The molecular weight excluding hydrogens is 356 g/mol. The Hall–Kier alpha value is -2.63. The summed E-state index contributed by atoms with van der Waals surface area (Å²) in [5.41, 5.74) is 3.86. The molecule has 6 heteroatoms. The number of carbonyl (C=O) groups excluding carboxylic acids is 1. The summed E-state index contributed by atoms with van der Waals surface area (Å²) in [6, 6.07) is 14.7. The van der Waals surface area contributed by atoms with Crippen LogP contribution in [0.25, 0.3) is 22.6 Å². The summed E-state index contributed by atoms with van der Waals surface area (Å²) >= 11 is 7.70. The summed E-state index contributed by atoms with van der Waals surface area (Å²) in [4.78, 5) is 17.4. The van der Waals surface area contributed by atoms with E-state index in [1.54, 1.807) is 24.3 Å². The highest BCUT2D eigenvalue weighted by Crippen LogP contribution is 2.32. The van der Waals surface area contributed by atoms with E-state index < -0.39 is 0 Å². The molecule has 2 heterocycles. The van der Waals surface area contributed by atoms with Crippen LogP contribution in [-0.4, -0.2) is 10.9 Å². The molecule has 25 heavy (non-hydrogen) atoms. The van der Waals surface area contributed by atoms with Crippen LogP contribution in [0.4, 0.5) is 5.69 Å². The van der Waals surface area contributed by atoms with Crippen molar-refractivity contribution in [2.24, 2.45) is 0 Å². The van der Waals surface area contributed by atoms with Gasteiger partial charge in [-0.2, -0.15) is 0 Å². The molecule has 2 aromatic carbocycles. The highest BCUT2D eigenvalue weighted by molar-refractivity contribution is 7.12. The zero-order chi connectivity index (χ0) is 17.4. The Morgan fingerprint density at radius 2 is 2.08 bits per heavy atom. The number of fused-ring (bicyclic) bond motifs is 1. The van der Waals surface area contributed by atoms with Gasteiger partial charge in [0.05, 0.1) is 15.5 Å². The number of hydrogen-bond donors (Lipinski definition) is 1. The number of aryl methyl sites for hydroxylation is 1. The van der Waals surface area contributed by atoms with Crippen molar-refractivity contribution in [2.75, 3.05) is 5.32 Å². The Bertz CT molecular complexity index is 1070. The predicted octanol–water partition coefficient (Wildman–Crippen LogP) is 5.77. The van der Waals surface area contributed by atoms with E-state index >= 15 is 0 Å². The molecule has 4 aromatic rings. The third-order valence-corrected chi connectivity index (χ3v) is 4.94. The number of thiophene rings is 1. The number of amides is 1. The number of hydrogen-bond acceptors (Lipinski definition) is 4. The van der Waals surface area contributed by atoms with Crippen molar-refractivity contribution in [1.29, 1.82) is 0 Å². The van der Waals surface area contributed by atoms with Crippen LogP contribution in [0.3, 0.4) is 0 Å². The molecule has 0 radical (unpaired) electrons.